The van der Waals surface area contributed by atoms with E-state index in [2.05, 4.69) is 16.8 Å². The van der Waals surface area contributed by atoms with Gasteiger partial charge in [0, 0.05) is 22.7 Å². The molecule has 1 aromatic heterocycles. The smallest absolute Gasteiger partial charge is 0.195 e. The molecule has 0 atom stereocenters. The molecule has 0 N–H and O–H groups in total. The fourth-order valence-electron chi connectivity index (χ4n) is 3.10. The van der Waals surface area contributed by atoms with Crippen LogP contribution in [-0.2, 0) is 6.42 Å². The van der Waals surface area contributed by atoms with Gasteiger partial charge < -0.3 is 0 Å². The Balaban J connectivity index is 1.64. The van der Waals surface area contributed by atoms with Crippen molar-refractivity contribution >= 4 is 10.8 Å². The van der Waals surface area contributed by atoms with Crippen molar-refractivity contribution < 1.29 is 17.6 Å². The molecule has 0 saturated carbocycles. The van der Waals surface area contributed by atoms with Crippen molar-refractivity contribution in [2.24, 2.45) is 0 Å². The summed E-state index contributed by atoms with van der Waals surface area (Å²) in [5.74, 6) is 0.977. The molecule has 0 bridgehead atoms. The summed E-state index contributed by atoms with van der Waals surface area (Å²) in [5, 5.41) is 0.132. The van der Waals surface area contributed by atoms with E-state index in [1.165, 1.54) is 24.3 Å². The number of pyridine rings is 1. The first-order chi connectivity index (χ1) is 14.5. The molecule has 0 aliphatic rings. The largest absolute Gasteiger partial charge is 0.256 e. The van der Waals surface area contributed by atoms with E-state index >= 15 is 0 Å². The van der Waals surface area contributed by atoms with Gasteiger partial charge in [0.2, 0.25) is 0 Å². The first-order valence-corrected chi connectivity index (χ1v) is 9.30. The van der Waals surface area contributed by atoms with E-state index in [1.54, 1.807) is 18.3 Å². The lowest BCUT2D eigenvalue weighted by Gasteiger charge is -2.04. The Labute approximate surface area is 171 Å². The van der Waals surface area contributed by atoms with Crippen LogP contribution >= 0.6 is 0 Å². The maximum Gasteiger partial charge on any atom is 0.195 e. The van der Waals surface area contributed by atoms with Crippen LogP contribution in [-0.4, -0.2) is 4.98 Å². The highest BCUT2D eigenvalue weighted by Gasteiger charge is 2.13. The van der Waals surface area contributed by atoms with Gasteiger partial charge >= 0.3 is 0 Å². The minimum absolute atomic E-state index is 0.0448. The summed E-state index contributed by atoms with van der Waals surface area (Å²) in [6.07, 6.45) is 2.64. The van der Waals surface area contributed by atoms with Gasteiger partial charge in [-0.1, -0.05) is 37.0 Å². The molecule has 4 aromatic rings. The maximum atomic E-state index is 14.5. The molecule has 0 spiro atoms. The van der Waals surface area contributed by atoms with Gasteiger partial charge in [-0.25, -0.2) is 17.6 Å². The molecule has 148 valence electrons. The third-order valence-electron chi connectivity index (χ3n) is 4.81. The quantitative estimate of drug-likeness (QED) is 0.213. The Morgan fingerprint density at radius 1 is 0.800 bits per heavy atom. The molecule has 30 heavy (non-hydrogen) atoms. The van der Waals surface area contributed by atoms with E-state index in [1.807, 2.05) is 19.1 Å². The Kier molecular flexibility index (Phi) is 5.24. The summed E-state index contributed by atoms with van der Waals surface area (Å²) in [6, 6.07) is 13.6. The van der Waals surface area contributed by atoms with Gasteiger partial charge in [-0.05, 0) is 53.8 Å². The van der Waals surface area contributed by atoms with Crippen molar-refractivity contribution in [1.29, 1.82) is 0 Å². The van der Waals surface area contributed by atoms with Crippen LogP contribution in [0.2, 0.25) is 0 Å². The molecule has 1 nitrogen and oxygen atoms in total. The van der Waals surface area contributed by atoms with Gasteiger partial charge in [-0.15, -0.1) is 0 Å². The standard InChI is InChI=1S/C25H15F4N/c1-2-15-5-10-23(30-14-15)18-8-7-17(21(26)12-18)6-3-16-4-9-20-19(11-16)13-22(27)25(29)24(20)28/h4-5,7-14H,2H2,1H3. The van der Waals surface area contributed by atoms with Crippen molar-refractivity contribution in [1.82, 2.24) is 4.98 Å². The second-order valence-electron chi connectivity index (χ2n) is 6.77. The Morgan fingerprint density at radius 3 is 2.33 bits per heavy atom. The molecule has 0 amide bonds. The lowest BCUT2D eigenvalue weighted by Crippen LogP contribution is -1.92. The molecular weight excluding hydrogens is 390 g/mol. The summed E-state index contributed by atoms with van der Waals surface area (Å²) in [7, 11) is 0. The molecule has 0 aliphatic carbocycles. The first kappa shape index (κ1) is 19.7. The second-order valence-corrected chi connectivity index (χ2v) is 6.77. The highest BCUT2D eigenvalue weighted by atomic mass is 19.2. The average Bonchev–Trinajstić information content (AvgIpc) is 2.76. The zero-order valence-corrected chi connectivity index (χ0v) is 15.9. The van der Waals surface area contributed by atoms with Crippen molar-refractivity contribution in [2.45, 2.75) is 13.3 Å². The number of rotatable bonds is 2. The zero-order chi connectivity index (χ0) is 21.3. The van der Waals surface area contributed by atoms with Gasteiger partial charge in [0.15, 0.2) is 17.5 Å². The molecule has 1 heterocycles. The van der Waals surface area contributed by atoms with Gasteiger partial charge in [0.25, 0.3) is 0 Å². The van der Waals surface area contributed by atoms with Crippen LogP contribution in [0.25, 0.3) is 22.0 Å². The maximum absolute atomic E-state index is 14.5. The Bertz CT molecular complexity index is 1320. The van der Waals surface area contributed by atoms with Crippen molar-refractivity contribution in [3.63, 3.8) is 0 Å². The van der Waals surface area contributed by atoms with Crippen LogP contribution < -0.4 is 0 Å². The van der Waals surface area contributed by atoms with E-state index in [0.29, 0.717) is 16.8 Å². The number of benzene rings is 3. The molecule has 0 unspecified atom stereocenters. The second kappa shape index (κ2) is 8.00. The van der Waals surface area contributed by atoms with E-state index < -0.39 is 23.3 Å². The normalized spacial score (nSPS) is 10.7. The minimum Gasteiger partial charge on any atom is -0.256 e. The van der Waals surface area contributed by atoms with Gasteiger partial charge in [-0.2, -0.15) is 0 Å². The summed E-state index contributed by atoms with van der Waals surface area (Å²) in [4.78, 5) is 4.34. The monoisotopic (exact) mass is 405 g/mol. The Hall–Kier alpha value is -3.65. The molecule has 3 aromatic carbocycles. The number of aryl methyl sites for hydroxylation is 1. The number of hydrogen-bond acceptors (Lipinski definition) is 1. The summed E-state index contributed by atoms with van der Waals surface area (Å²) >= 11 is 0. The molecule has 5 heteroatoms. The number of halogens is 4. The number of aromatic nitrogens is 1. The molecular formula is C25H15F4N. The number of hydrogen-bond donors (Lipinski definition) is 0. The minimum atomic E-state index is -1.51. The average molecular weight is 405 g/mol. The SMILES string of the molecule is CCc1ccc(-c2ccc(C#Cc3ccc4c(F)c(F)c(F)cc4c3)c(F)c2)nc1. The van der Waals surface area contributed by atoms with Gasteiger partial charge in [0.05, 0.1) is 11.3 Å². The van der Waals surface area contributed by atoms with Crippen LogP contribution in [0.3, 0.4) is 0 Å². The Morgan fingerprint density at radius 2 is 1.63 bits per heavy atom. The van der Waals surface area contributed by atoms with Crippen molar-refractivity contribution in [3.05, 3.63) is 101 Å². The zero-order valence-electron chi connectivity index (χ0n) is 15.9. The molecule has 0 radical (unpaired) electrons. The van der Waals surface area contributed by atoms with Crippen LogP contribution in [0.4, 0.5) is 17.6 Å². The highest BCUT2D eigenvalue weighted by Crippen LogP contribution is 2.24. The predicted molar refractivity (Wildman–Crippen MR) is 109 cm³/mol. The molecule has 4 rings (SSSR count). The van der Waals surface area contributed by atoms with Crippen LogP contribution in [0.1, 0.15) is 23.6 Å². The summed E-state index contributed by atoms with van der Waals surface area (Å²) in [6.45, 7) is 2.03. The lowest BCUT2D eigenvalue weighted by molar-refractivity contribution is 0.453. The fraction of sp³-hybridized carbons (Fsp3) is 0.0800. The van der Waals surface area contributed by atoms with Crippen molar-refractivity contribution in [3.8, 4) is 23.1 Å². The third kappa shape index (κ3) is 3.77. The topological polar surface area (TPSA) is 12.9 Å². The van der Waals surface area contributed by atoms with Crippen molar-refractivity contribution in [2.75, 3.05) is 0 Å². The van der Waals surface area contributed by atoms with E-state index in [-0.39, 0.29) is 16.3 Å². The summed E-state index contributed by atoms with van der Waals surface area (Å²) in [5.41, 5.74) is 3.00. The van der Waals surface area contributed by atoms with Gasteiger partial charge in [-0.3, -0.25) is 4.98 Å². The van der Waals surface area contributed by atoms with Gasteiger partial charge in [0.1, 0.15) is 5.82 Å². The highest BCUT2D eigenvalue weighted by molar-refractivity contribution is 5.84. The molecule has 0 fully saturated rings. The summed E-state index contributed by atoms with van der Waals surface area (Å²) < 4.78 is 55.1. The van der Waals surface area contributed by atoms with Crippen LogP contribution in [0, 0.1) is 35.1 Å². The molecule has 0 aliphatic heterocycles. The first-order valence-electron chi connectivity index (χ1n) is 9.30. The fourth-order valence-corrected chi connectivity index (χ4v) is 3.10. The molecule has 0 saturated heterocycles. The third-order valence-corrected chi connectivity index (χ3v) is 4.81. The van der Waals surface area contributed by atoms with E-state index in [4.69, 9.17) is 0 Å². The number of nitrogens with zero attached hydrogens (tertiary/aromatic N) is 1. The predicted octanol–water partition coefficient (Wildman–Crippen LogP) is 6.42. The number of fused-ring (bicyclic) bond motifs is 1. The van der Waals surface area contributed by atoms with E-state index in [9.17, 15) is 17.6 Å². The van der Waals surface area contributed by atoms with Crippen LogP contribution in [0.5, 0.6) is 0 Å². The lowest BCUT2D eigenvalue weighted by atomic mass is 10.0. The van der Waals surface area contributed by atoms with E-state index in [0.717, 1.165) is 18.1 Å². The van der Waals surface area contributed by atoms with Crippen LogP contribution in [0.15, 0.2) is 60.8 Å².